The molecule has 0 saturated carbocycles. The molecule has 4 heteroatoms. The van der Waals surface area contributed by atoms with Crippen LogP contribution < -0.4 is 0 Å². The van der Waals surface area contributed by atoms with Crippen molar-refractivity contribution in [3.63, 3.8) is 0 Å². The zero-order valence-corrected chi connectivity index (χ0v) is 7.87. The lowest BCUT2D eigenvalue weighted by Crippen LogP contribution is -1.87. The molecule has 0 N–H and O–H groups in total. The normalized spacial score (nSPS) is 10.2. The highest BCUT2D eigenvalue weighted by molar-refractivity contribution is 9.10. The van der Waals surface area contributed by atoms with Gasteiger partial charge in [0, 0.05) is 9.35 Å². The first-order chi connectivity index (χ1) is 4.84. The van der Waals surface area contributed by atoms with Crippen molar-refractivity contribution in [2.45, 2.75) is 6.61 Å². The Hall–Kier alpha value is 0.100. The molecule has 56 valence electrons. The third-order valence-corrected chi connectivity index (χ3v) is 2.90. The molecule has 0 spiro atoms. The SMILES string of the molecule is COOCc1sccc1Br. The van der Waals surface area contributed by atoms with E-state index in [2.05, 4.69) is 20.8 Å². The van der Waals surface area contributed by atoms with Gasteiger partial charge in [-0.25, -0.2) is 9.78 Å². The van der Waals surface area contributed by atoms with Gasteiger partial charge in [0.15, 0.2) is 0 Å². The molecule has 0 aliphatic rings. The van der Waals surface area contributed by atoms with Crippen LogP contribution in [0.3, 0.4) is 0 Å². The summed E-state index contributed by atoms with van der Waals surface area (Å²) in [7, 11) is 1.50. The fourth-order valence-electron chi connectivity index (χ4n) is 0.541. The monoisotopic (exact) mass is 222 g/mol. The zero-order valence-electron chi connectivity index (χ0n) is 5.46. The Labute approximate surface area is 71.8 Å². The van der Waals surface area contributed by atoms with Gasteiger partial charge in [-0.2, -0.15) is 0 Å². The molecule has 1 heterocycles. The quantitative estimate of drug-likeness (QED) is 0.579. The highest BCUT2D eigenvalue weighted by Crippen LogP contribution is 2.22. The third-order valence-electron chi connectivity index (χ3n) is 0.999. The van der Waals surface area contributed by atoms with Crippen LogP contribution in [-0.2, 0) is 16.4 Å². The van der Waals surface area contributed by atoms with Gasteiger partial charge in [-0.05, 0) is 27.4 Å². The summed E-state index contributed by atoms with van der Waals surface area (Å²) in [5.41, 5.74) is 0. The minimum absolute atomic E-state index is 0.509. The predicted octanol–water partition coefficient (Wildman–Crippen LogP) is 2.59. The molecule has 0 bridgehead atoms. The Kier molecular flexibility index (Phi) is 3.34. The smallest absolute Gasteiger partial charge is 0.118 e. The molecule has 0 aromatic carbocycles. The molecular weight excluding hydrogens is 216 g/mol. The molecule has 0 aliphatic heterocycles. The number of rotatable bonds is 3. The van der Waals surface area contributed by atoms with Crippen LogP contribution in [0.15, 0.2) is 15.9 Å². The Balaban J connectivity index is 2.49. The van der Waals surface area contributed by atoms with Crippen molar-refractivity contribution in [3.8, 4) is 0 Å². The Morgan fingerprint density at radius 1 is 1.70 bits per heavy atom. The number of hydrogen-bond acceptors (Lipinski definition) is 3. The molecule has 1 aromatic rings. The highest BCUT2D eigenvalue weighted by Gasteiger charge is 1.99. The molecule has 0 atom stereocenters. The fraction of sp³-hybridized carbons (Fsp3) is 0.333. The summed E-state index contributed by atoms with van der Waals surface area (Å²) < 4.78 is 1.08. The summed E-state index contributed by atoms with van der Waals surface area (Å²) >= 11 is 5.01. The number of hydrogen-bond donors (Lipinski definition) is 0. The summed E-state index contributed by atoms with van der Waals surface area (Å²) in [5.74, 6) is 0. The van der Waals surface area contributed by atoms with E-state index in [1.807, 2.05) is 11.4 Å². The Morgan fingerprint density at radius 3 is 3.00 bits per heavy atom. The van der Waals surface area contributed by atoms with Crippen LogP contribution in [0.4, 0.5) is 0 Å². The van der Waals surface area contributed by atoms with E-state index in [9.17, 15) is 0 Å². The van der Waals surface area contributed by atoms with E-state index in [0.717, 1.165) is 9.35 Å². The summed E-state index contributed by atoms with van der Waals surface area (Å²) in [6, 6.07) is 1.99. The van der Waals surface area contributed by atoms with Crippen LogP contribution >= 0.6 is 27.3 Å². The van der Waals surface area contributed by atoms with Gasteiger partial charge < -0.3 is 0 Å². The van der Waals surface area contributed by atoms with Crippen LogP contribution in [0.1, 0.15) is 4.88 Å². The second-order valence-electron chi connectivity index (χ2n) is 1.62. The van der Waals surface area contributed by atoms with E-state index in [1.165, 1.54) is 7.11 Å². The zero-order chi connectivity index (χ0) is 7.40. The van der Waals surface area contributed by atoms with Crippen molar-refractivity contribution in [2.75, 3.05) is 7.11 Å². The lowest BCUT2D eigenvalue weighted by atomic mass is 10.5. The van der Waals surface area contributed by atoms with Gasteiger partial charge in [-0.1, -0.05) is 0 Å². The molecule has 0 amide bonds. The second-order valence-corrected chi connectivity index (χ2v) is 3.48. The van der Waals surface area contributed by atoms with Crippen LogP contribution in [0, 0.1) is 0 Å². The number of thiophene rings is 1. The van der Waals surface area contributed by atoms with Crippen molar-refractivity contribution in [2.24, 2.45) is 0 Å². The highest BCUT2D eigenvalue weighted by atomic mass is 79.9. The first-order valence-electron chi connectivity index (χ1n) is 2.72. The molecular formula is C6H7BrO2S. The van der Waals surface area contributed by atoms with Crippen molar-refractivity contribution >= 4 is 27.3 Å². The summed E-state index contributed by atoms with van der Waals surface area (Å²) in [6.07, 6.45) is 0. The largest absolute Gasteiger partial charge is 0.240 e. The Morgan fingerprint density at radius 2 is 2.50 bits per heavy atom. The standard InChI is InChI=1S/C6H7BrO2S/c1-8-9-4-6-5(7)2-3-10-6/h2-3H,4H2,1H3. The molecule has 0 radical (unpaired) electrons. The lowest BCUT2D eigenvalue weighted by Gasteiger charge is -1.96. The van der Waals surface area contributed by atoms with E-state index < -0.39 is 0 Å². The van der Waals surface area contributed by atoms with Crippen LogP contribution in [0.2, 0.25) is 0 Å². The molecule has 2 nitrogen and oxygen atoms in total. The summed E-state index contributed by atoms with van der Waals surface area (Å²) in [6.45, 7) is 0.509. The average molecular weight is 223 g/mol. The molecule has 0 fully saturated rings. The van der Waals surface area contributed by atoms with E-state index >= 15 is 0 Å². The van der Waals surface area contributed by atoms with Gasteiger partial charge in [0.05, 0.1) is 7.11 Å². The van der Waals surface area contributed by atoms with Gasteiger partial charge >= 0.3 is 0 Å². The third kappa shape index (κ3) is 2.05. The summed E-state index contributed by atoms with van der Waals surface area (Å²) in [4.78, 5) is 10.3. The van der Waals surface area contributed by atoms with E-state index in [1.54, 1.807) is 11.3 Å². The molecule has 1 aromatic heterocycles. The maximum Gasteiger partial charge on any atom is 0.118 e. The van der Waals surface area contributed by atoms with Crippen LogP contribution in [-0.4, -0.2) is 7.11 Å². The summed E-state index contributed by atoms with van der Waals surface area (Å²) in [5, 5.41) is 2.00. The van der Waals surface area contributed by atoms with E-state index in [-0.39, 0.29) is 0 Å². The maximum atomic E-state index is 4.74. The minimum atomic E-state index is 0.509. The van der Waals surface area contributed by atoms with E-state index in [0.29, 0.717) is 6.61 Å². The number of halogens is 1. The van der Waals surface area contributed by atoms with Crippen molar-refractivity contribution in [3.05, 3.63) is 20.8 Å². The van der Waals surface area contributed by atoms with Crippen molar-refractivity contribution < 1.29 is 9.78 Å². The lowest BCUT2D eigenvalue weighted by molar-refractivity contribution is -0.281. The van der Waals surface area contributed by atoms with Crippen molar-refractivity contribution in [1.82, 2.24) is 0 Å². The minimum Gasteiger partial charge on any atom is -0.240 e. The Bertz CT molecular complexity index is 199. The van der Waals surface area contributed by atoms with Crippen molar-refractivity contribution in [1.29, 1.82) is 0 Å². The molecule has 10 heavy (non-hydrogen) atoms. The first-order valence-corrected chi connectivity index (χ1v) is 4.39. The topological polar surface area (TPSA) is 18.5 Å². The van der Waals surface area contributed by atoms with Gasteiger partial charge in [-0.15, -0.1) is 11.3 Å². The fourth-order valence-corrected chi connectivity index (χ4v) is 1.91. The van der Waals surface area contributed by atoms with Gasteiger partial charge in [0.2, 0.25) is 0 Å². The van der Waals surface area contributed by atoms with Gasteiger partial charge in [0.25, 0.3) is 0 Å². The van der Waals surface area contributed by atoms with Gasteiger partial charge in [0.1, 0.15) is 6.61 Å². The molecule has 0 saturated heterocycles. The molecule has 0 unspecified atom stereocenters. The van der Waals surface area contributed by atoms with Crippen LogP contribution in [0.25, 0.3) is 0 Å². The second kappa shape index (κ2) is 4.08. The predicted molar refractivity (Wildman–Crippen MR) is 43.8 cm³/mol. The van der Waals surface area contributed by atoms with Crippen LogP contribution in [0.5, 0.6) is 0 Å². The molecule has 1 rings (SSSR count). The van der Waals surface area contributed by atoms with Gasteiger partial charge in [-0.3, -0.25) is 0 Å². The first kappa shape index (κ1) is 8.20. The molecule has 0 aliphatic carbocycles. The maximum absolute atomic E-state index is 4.74. The van der Waals surface area contributed by atoms with E-state index in [4.69, 9.17) is 4.89 Å². The average Bonchev–Trinajstić information content (AvgIpc) is 2.31.